The maximum absolute atomic E-state index is 5.61. The van der Waals surface area contributed by atoms with Gasteiger partial charge in [0.15, 0.2) is 11.5 Å². The number of rotatable bonds is 4. The summed E-state index contributed by atoms with van der Waals surface area (Å²) in [5.41, 5.74) is 2.37. The first-order valence-corrected chi connectivity index (χ1v) is 6.83. The Labute approximate surface area is 118 Å². The molecule has 1 atom stereocenters. The average Bonchev–Trinajstić information content (AvgIpc) is 2.90. The predicted octanol–water partition coefficient (Wildman–Crippen LogP) is 2.04. The second-order valence-corrected chi connectivity index (χ2v) is 5.03. The SMILES string of the molecule is CC(NCc1cnn(C)c1)c1ccc2c(c1)OCCO2. The molecule has 1 aromatic carbocycles. The summed E-state index contributed by atoms with van der Waals surface area (Å²) >= 11 is 0. The van der Waals surface area contributed by atoms with Crippen molar-refractivity contribution in [2.24, 2.45) is 7.05 Å². The molecule has 0 saturated carbocycles. The van der Waals surface area contributed by atoms with Crippen molar-refractivity contribution < 1.29 is 9.47 Å². The molecular weight excluding hydrogens is 254 g/mol. The molecule has 106 valence electrons. The van der Waals surface area contributed by atoms with E-state index in [2.05, 4.69) is 29.5 Å². The Kier molecular flexibility index (Phi) is 3.60. The molecule has 5 heteroatoms. The van der Waals surface area contributed by atoms with E-state index in [0.717, 1.165) is 18.0 Å². The minimum absolute atomic E-state index is 0.242. The van der Waals surface area contributed by atoms with Crippen molar-refractivity contribution in [1.82, 2.24) is 15.1 Å². The van der Waals surface area contributed by atoms with Crippen LogP contribution < -0.4 is 14.8 Å². The molecule has 3 rings (SSSR count). The summed E-state index contributed by atoms with van der Waals surface area (Å²) in [6, 6.07) is 6.35. The topological polar surface area (TPSA) is 48.3 Å². The fourth-order valence-electron chi connectivity index (χ4n) is 2.28. The first-order chi connectivity index (χ1) is 9.72. The minimum Gasteiger partial charge on any atom is -0.486 e. The number of benzene rings is 1. The monoisotopic (exact) mass is 273 g/mol. The van der Waals surface area contributed by atoms with Crippen LogP contribution in [0.25, 0.3) is 0 Å². The largest absolute Gasteiger partial charge is 0.486 e. The molecule has 0 bridgehead atoms. The zero-order valence-corrected chi connectivity index (χ0v) is 11.8. The smallest absolute Gasteiger partial charge is 0.161 e. The van der Waals surface area contributed by atoms with Gasteiger partial charge in [0.2, 0.25) is 0 Å². The lowest BCUT2D eigenvalue weighted by Gasteiger charge is -2.21. The van der Waals surface area contributed by atoms with Crippen LogP contribution >= 0.6 is 0 Å². The normalized spacial score (nSPS) is 15.1. The van der Waals surface area contributed by atoms with Crippen molar-refractivity contribution in [2.75, 3.05) is 13.2 Å². The van der Waals surface area contributed by atoms with Gasteiger partial charge in [-0.2, -0.15) is 5.10 Å². The number of aryl methyl sites for hydroxylation is 1. The van der Waals surface area contributed by atoms with Crippen LogP contribution in [0.4, 0.5) is 0 Å². The lowest BCUT2D eigenvalue weighted by atomic mass is 10.1. The zero-order chi connectivity index (χ0) is 13.9. The molecule has 0 amide bonds. The van der Waals surface area contributed by atoms with Gasteiger partial charge in [-0.25, -0.2) is 0 Å². The predicted molar refractivity (Wildman–Crippen MR) is 75.9 cm³/mol. The van der Waals surface area contributed by atoms with E-state index in [9.17, 15) is 0 Å². The Morgan fingerprint density at radius 3 is 2.85 bits per heavy atom. The number of aromatic nitrogens is 2. The van der Waals surface area contributed by atoms with Gasteiger partial charge in [-0.3, -0.25) is 4.68 Å². The third-order valence-corrected chi connectivity index (χ3v) is 3.44. The molecule has 0 aliphatic carbocycles. The molecule has 1 N–H and O–H groups in total. The molecule has 5 nitrogen and oxygen atoms in total. The summed E-state index contributed by atoms with van der Waals surface area (Å²) in [5, 5.41) is 7.65. The highest BCUT2D eigenvalue weighted by Crippen LogP contribution is 2.32. The van der Waals surface area contributed by atoms with E-state index in [4.69, 9.17) is 9.47 Å². The maximum Gasteiger partial charge on any atom is 0.161 e. The number of ether oxygens (including phenoxy) is 2. The van der Waals surface area contributed by atoms with Crippen LogP contribution in [0.1, 0.15) is 24.1 Å². The molecule has 1 aromatic heterocycles. The first kappa shape index (κ1) is 13.0. The molecule has 2 heterocycles. The van der Waals surface area contributed by atoms with Crippen molar-refractivity contribution in [1.29, 1.82) is 0 Å². The van der Waals surface area contributed by atoms with E-state index in [-0.39, 0.29) is 6.04 Å². The second-order valence-electron chi connectivity index (χ2n) is 5.03. The molecule has 0 saturated heterocycles. The molecule has 0 spiro atoms. The van der Waals surface area contributed by atoms with Crippen molar-refractivity contribution in [3.05, 3.63) is 41.7 Å². The molecular formula is C15H19N3O2. The van der Waals surface area contributed by atoms with Crippen LogP contribution in [-0.2, 0) is 13.6 Å². The Bertz CT molecular complexity index is 595. The second kappa shape index (κ2) is 5.54. The van der Waals surface area contributed by atoms with Gasteiger partial charge in [-0.15, -0.1) is 0 Å². The summed E-state index contributed by atoms with van der Waals surface area (Å²) in [7, 11) is 1.92. The Hall–Kier alpha value is -2.01. The fraction of sp³-hybridized carbons (Fsp3) is 0.400. The zero-order valence-electron chi connectivity index (χ0n) is 11.8. The van der Waals surface area contributed by atoms with Gasteiger partial charge in [0, 0.05) is 31.4 Å². The summed E-state index contributed by atoms with van der Waals surface area (Å²) in [5.74, 6) is 1.67. The van der Waals surface area contributed by atoms with Crippen LogP contribution in [0.3, 0.4) is 0 Å². The van der Waals surface area contributed by atoms with Crippen LogP contribution in [0.15, 0.2) is 30.6 Å². The summed E-state index contributed by atoms with van der Waals surface area (Å²) < 4.78 is 13.0. The van der Waals surface area contributed by atoms with Gasteiger partial charge >= 0.3 is 0 Å². The van der Waals surface area contributed by atoms with E-state index < -0.39 is 0 Å². The van der Waals surface area contributed by atoms with E-state index in [1.165, 1.54) is 11.1 Å². The minimum atomic E-state index is 0.242. The molecule has 1 unspecified atom stereocenters. The van der Waals surface area contributed by atoms with E-state index in [0.29, 0.717) is 13.2 Å². The van der Waals surface area contributed by atoms with Gasteiger partial charge in [0.1, 0.15) is 13.2 Å². The molecule has 20 heavy (non-hydrogen) atoms. The van der Waals surface area contributed by atoms with Gasteiger partial charge in [0.05, 0.1) is 6.20 Å². The highest BCUT2D eigenvalue weighted by molar-refractivity contribution is 5.44. The van der Waals surface area contributed by atoms with Gasteiger partial charge in [0.25, 0.3) is 0 Å². The lowest BCUT2D eigenvalue weighted by Crippen LogP contribution is -2.19. The third kappa shape index (κ3) is 2.77. The number of fused-ring (bicyclic) bond motifs is 1. The van der Waals surface area contributed by atoms with Crippen molar-refractivity contribution in [2.45, 2.75) is 19.5 Å². The Morgan fingerprint density at radius 2 is 2.10 bits per heavy atom. The lowest BCUT2D eigenvalue weighted by molar-refractivity contribution is 0.171. The Morgan fingerprint density at radius 1 is 1.30 bits per heavy atom. The quantitative estimate of drug-likeness (QED) is 0.926. The van der Waals surface area contributed by atoms with Crippen molar-refractivity contribution in [3.8, 4) is 11.5 Å². The van der Waals surface area contributed by atoms with Crippen molar-refractivity contribution >= 4 is 0 Å². The molecule has 2 aromatic rings. The van der Waals surface area contributed by atoms with Gasteiger partial charge < -0.3 is 14.8 Å². The third-order valence-electron chi connectivity index (χ3n) is 3.44. The van der Waals surface area contributed by atoms with Crippen LogP contribution in [0.5, 0.6) is 11.5 Å². The van der Waals surface area contributed by atoms with Gasteiger partial charge in [-0.05, 0) is 24.6 Å². The molecule has 1 aliphatic rings. The van der Waals surface area contributed by atoms with E-state index >= 15 is 0 Å². The molecule has 1 aliphatic heterocycles. The number of nitrogens with zero attached hydrogens (tertiary/aromatic N) is 2. The van der Waals surface area contributed by atoms with Crippen LogP contribution in [0.2, 0.25) is 0 Å². The Balaban J connectivity index is 1.66. The van der Waals surface area contributed by atoms with E-state index in [1.54, 1.807) is 0 Å². The number of nitrogens with one attached hydrogen (secondary N) is 1. The van der Waals surface area contributed by atoms with Crippen LogP contribution in [0, 0.1) is 0 Å². The maximum atomic E-state index is 5.61. The molecule has 0 fully saturated rings. The highest BCUT2D eigenvalue weighted by atomic mass is 16.6. The van der Waals surface area contributed by atoms with Crippen LogP contribution in [-0.4, -0.2) is 23.0 Å². The summed E-state index contributed by atoms with van der Waals surface area (Å²) in [6.07, 6.45) is 3.90. The summed E-state index contributed by atoms with van der Waals surface area (Å²) in [4.78, 5) is 0. The fourth-order valence-corrected chi connectivity index (χ4v) is 2.28. The van der Waals surface area contributed by atoms with Crippen molar-refractivity contribution in [3.63, 3.8) is 0 Å². The average molecular weight is 273 g/mol. The molecule has 0 radical (unpaired) electrons. The standard InChI is InChI=1S/C15H19N3O2/c1-11(16-8-12-9-17-18(2)10-12)13-3-4-14-15(7-13)20-6-5-19-14/h3-4,7,9-11,16H,5-6,8H2,1-2H3. The number of hydrogen-bond donors (Lipinski definition) is 1. The first-order valence-electron chi connectivity index (χ1n) is 6.83. The summed E-state index contributed by atoms with van der Waals surface area (Å²) in [6.45, 7) is 4.18. The van der Waals surface area contributed by atoms with E-state index in [1.807, 2.05) is 30.2 Å². The van der Waals surface area contributed by atoms with Gasteiger partial charge in [-0.1, -0.05) is 6.07 Å². The highest BCUT2D eigenvalue weighted by Gasteiger charge is 2.14. The number of hydrogen-bond acceptors (Lipinski definition) is 4.